The van der Waals surface area contributed by atoms with Crippen molar-refractivity contribution in [1.29, 1.82) is 0 Å². The zero-order valence-corrected chi connectivity index (χ0v) is 14.1. The molecule has 19 heavy (non-hydrogen) atoms. The van der Waals surface area contributed by atoms with Gasteiger partial charge in [0.15, 0.2) is 0 Å². The van der Waals surface area contributed by atoms with Gasteiger partial charge in [0.25, 0.3) is 0 Å². The molecule has 1 aromatic rings. The first-order chi connectivity index (χ1) is 9.11. The molecule has 3 nitrogen and oxygen atoms in total. The Morgan fingerprint density at radius 3 is 3.00 bits per heavy atom. The Morgan fingerprint density at radius 1 is 1.58 bits per heavy atom. The first kappa shape index (κ1) is 15.4. The van der Waals surface area contributed by atoms with Gasteiger partial charge in [-0.2, -0.15) is 0 Å². The Bertz CT molecular complexity index is 391. The van der Waals surface area contributed by atoms with Gasteiger partial charge in [0.05, 0.1) is 6.61 Å². The second-order valence-corrected chi connectivity index (χ2v) is 7.58. The summed E-state index contributed by atoms with van der Waals surface area (Å²) in [6.45, 7) is 8.63. The standard InChI is InChI=1S/C14H23BrN2OS/c1-14(3-4-16-10-14)11-17(5-6-18-2)8-13-7-12(15)9-19-13/h7,9,16H,3-6,8,10-11H2,1-2H3. The van der Waals surface area contributed by atoms with Gasteiger partial charge in [-0.3, -0.25) is 4.90 Å². The molecule has 1 aliphatic rings. The molecule has 1 atom stereocenters. The maximum Gasteiger partial charge on any atom is 0.0589 e. The maximum atomic E-state index is 5.25. The van der Waals surface area contributed by atoms with E-state index in [1.54, 1.807) is 7.11 Å². The van der Waals surface area contributed by atoms with Gasteiger partial charge in [0.2, 0.25) is 0 Å². The van der Waals surface area contributed by atoms with Crippen LogP contribution in [0.2, 0.25) is 0 Å². The van der Waals surface area contributed by atoms with Gasteiger partial charge < -0.3 is 10.1 Å². The Hall–Kier alpha value is 0.0600. The average molecular weight is 347 g/mol. The molecule has 1 unspecified atom stereocenters. The highest BCUT2D eigenvalue weighted by molar-refractivity contribution is 9.10. The fourth-order valence-corrected chi connectivity index (χ4v) is 4.13. The van der Waals surface area contributed by atoms with Crippen LogP contribution in [-0.4, -0.2) is 44.8 Å². The molecule has 1 aliphatic heterocycles. The normalized spacial score (nSPS) is 23.4. The van der Waals surface area contributed by atoms with Gasteiger partial charge in [-0.05, 0) is 40.4 Å². The summed E-state index contributed by atoms with van der Waals surface area (Å²) in [6, 6.07) is 2.22. The monoisotopic (exact) mass is 346 g/mol. The van der Waals surface area contributed by atoms with Crippen molar-refractivity contribution in [2.45, 2.75) is 19.9 Å². The molecule has 0 aromatic carbocycles. The van der Waals surface area contributed by atoms with E-state index in [0.29, 0.717) is 5.41 Å². The second kappa shape index (κ2) is 7.18. The minimum atomic E-state index is 0.405. The lowest BCUT2D eigenvalue weighted by Gasteiger charge is -2.31. The van der Waals surface area contributed by atoms with Gasteiger partial charge in [0, 0.05) is 48.0 Å². The molecule has 0 saturated carbocycles. The average Bonchev–Trinajstić information content (AvgIpc) is 2.96. The van der Waals surface area contributed by atoms with Crippen molar-refractivity contribution < 1.29 is 4.74 Å². The summed E-state index contributed by atoms with van der Waals surface area (Å²) < 4.78 is 6.44. The summed E-state index contributed by atoms with van der Waals surface area (Å²) in [6.07, 6.45) is 1.27. The summed E-state index contributed by atoms with van der Waals surface area (Å²) >= 11 is 5.35. The molecular formula is C14H23BrN2OS. The molecule has 2 rings (SSSR count). The van der Waals surface area contributed by atoms with E-state index in [0.717, 1.165) is 39.3 Å². The molecule has 1 N–H and O–H groups in total. The predicted octanol–water partition coefficient (Wildman–Crippen LogP) is 2.96. The molecular weight excluding hydrogens is 324 g/mol. The van der Waals surface area contributed by atoms with Crippen LogP contribution in [0, 0.1) is 5.41 Å². The van der Waals surface area contributed by atoms with E-state index in [4.69, 9.17) is 4.74 Å². The van der Waals surface area contributed by atoms with Crippen LogP contribution in [0.25, 0.3) is 0 Å². The zero-order valence-electron chi connectivity index (χ0n) is 11.7. The summed E-state index contributed by atoms with van der Waals surface area (Å²) in [5.41, 5.74) is 0.405. The Kier molecular flexibility index (Phi) is 5.84. The number of thiophene rings is 1. The smallest absolute Gasteiger partial charge is 0.0589 e. The molecule has 108 valence electrons. The van der Waals surface area contributed by atoms with Crippen molar-refractivity contribution in [2.24, 2.45) is 5.41 Å². The molecule has 0 radical (unpaired) electrons. The first-order valence-electron chi connectivity index (χ1n) is 6.76. The van der Waals surface area contributed by atoms with Crippen LogP contribution in [0.5, 0.6) is 0 Å². The van der Waals surface area contributed by atoms with Crippen LogP contribution in [0.4, 0.5) is 0 Å². The van der Waals surface area contributed by atoms with Crippen LogP contribution >= 0.6 is 27.3 Å². The van der Waals surface area contributed by atoms with Gasteiger partial charge in [-0.15, -0.1) is 11.3 Å². The van der Waals surface area contributed by atoms with E-state index in [9.17, 15) is 0 Å². The van der Waals surface area contributed by atoms with E-state index in [1.807, 2.05) is 11.3 Å². The van der Waals surface area contributed by atoms with E-state index in [2.05, 4.69) is 44.5 Å². The van der Waals surface area contributed by atoms with Crippen LogP contribution in [0.3, 0.4) is 0 Å². The summed E-state index contributed by atoms with van der Waals surface area (Å²) in [4.78, 5) is 3.94. The topological polar surface area (TPSA) is 24.5 Å². The van der Waals surface area contributed by atoms with Gasteiger partial charge in [-0.1, -0.05) is 6.92 Å². The van der Waals surface area contributed by atoms with Crippen LogP contribution in [0.1, 0.15) is 18.2 Å². The molecule has 1 saturated heterocycles. The molecule has 0 amide bonds. The number of hydrogen-bond acceptors (Lipinski definition) is 4. The van der Waals surface area contributed by atoms with Crippen molar-refractivity contribution in [2.75, 3.05) is 39.9 Å². The largest absolute Gasteiger partial charge is 0.383 e. The molecule has 1 aromatic heterocycles. The second-order valence-electron chi connectivity index (χ2n) is 5.67. The van der Waals surface area contributed by atoms with Crippen LogP contribution in [-0.2, 0) is 11.3 Å². The Labute approximate surface area is 128 Å². The summed E-state index contributed by atoms with van der Waals surface area (Å²) in [5, 5.41) is 5.63. The Balaban J connectivity index is 1.94. The van der Waals surface area contributed by atoms with Gasteiger partial charge >= 0.3 is 0 Å². The zero-order chi connectivity index (χ0) is 13.7. The first-order valence-corrected chi connectivity index (χ1v) is 8.43. The van der Waals surface area contributed by atoms with E-state index >= 15 is 0 Å². The molecule has 1 fully saturated rings. The third-order valence-corrected chi connectivity index (χ3v) is 5.36. The van der Waals surface area contributed by atoms with Crippen molar-refractivity contribution >= 4 is 27.3 Å². The van der Waals surface area contributed by atoms with E-state index in [1.165, 1.54) is 15.8 Å². The number of halogens is 1. The van der Waals surface area contributed by atoms with Crippen LogP contribution < -0.4 is 5.32 Å². The minimum absolute atomic E-state index is 0.405. The number of nitrogens with one attached hydrogen (secondary N) is 1. The van der Waals surface area contributed by atoms with Crippen molar-refractivity contribution in [3.05, 3.63) is 20.8 Å². The number of methoxy groups -OCH3 is 1. The number of ether oxygens (including phenoxy) is 1. The van der Waals surface area contributed by atoms with E-state index < -0.39 is 0 Å². The number of hydrogen-bond donors (Lipinski definition) is 1. The lowest BCUT2D eigenvalue weighted by molar-refractivity contribution is 0.114. The molecule has 0 spiro atoms. The summed E-state index contributed by atoms with van der Waals surface area (Å²) in [5.74, 6) is 0. The van der Waals surface area contributed by atoms with Gasteiger partial charge in [0.1, 0.15) is 0 Å². The third-order valence-electron chi connectivity index (χ3n) is 3.68. The van der Waals surface area contributed by atoms with Crippen molar-refractivity contribution in [3.63, 3.8) is 0 Å². The number of rotatable bonds is 7. The molecule has 0 bridgehead atoms. The Morgan fingerprint density at radius 2 is 2.42 bits per heavy atom. The molecule has 5 heteroatoms. The highest BCUT2D eigenvalue weighted by Crippen LogP contribution is 2.27. The minimum Gasteiger partial charge on any atom is -0.383 e. The highest BCUT2D eigenvalue weighted by atomic mass is 79.9. The predicted molar refractivity (Wildman–Crippen MR) is 84.8 cm³/mol. The third kappa shape index (κ3) is 4.83. The maximum absolute atomic E-state index is 5.25. The van der Waals surface area contributed by atoms with Crippen LogP contribution in [0.15, 0.2) is 15.9 Å². The van der Waals surface area contributed by atoms with Crippen molar-refractivity contribution in [1.82, 2.24) is 10.2 Å². The fourth-order valence-electron chi connectivity index (χ4n) is 2.64. The quantitative estimate of drug-likeness (QED) is 0.821. The lowest BCUT2D eigenvalue weighted by atomic mass is 9.89. The van der Waals surface area contributed by atoms with Crippen molar-refractivity contribution in [3.8, 4) is 0 Å². The van der Waals surface area contributed by atoms with Gasteiger partial charge in [-0.25, -0.2) is 0 Å². The highest BCUT2D eigenvalue weighted by Gasteiger charge is 2.30. The molecule has 2 heterocycles. The lowest BCUT2D eigenvalue weighted by Crippen LogP contribution is -2.38. The van der Waals surface area contributed by atoms with E-state index in [-0.39, 0.29) is 0 Å². The summed E-state index contributed by atoms with van der Waals surface area (Å²) in [7, 11) is 1.78. The SMILES string of the molecule is COCCN(Cc1cc(Br)cs1)CC1(C)CCNC1. The number of nitrogens with zero attached hydrogens (tertiary/aromatic N) is 1. The fraction of sp³-hybridized carbons (Fsp3) is 0.714. The molecule has 0 aliphatic carbocycles.